The van der Waals surface area contributed by atoms with E-state index in [0.717, 1.165) is 48.2 Å². The van der Waals surface area contributed by atoms with Gasteiger partial charge < -0.3 is 4.90 Å². The van der Waals surface area contributed by atoms with Crippen molar-refractivity contribution < 1.29 is 4.79 Å². The maximum atomic E-state index is 12.8. The van der Waals surface area contributed by atoms with Crippen LogP contribution in [0, 0.1) is 0 Å². The summed E-state index contributed by atoms with van der Waals surface area (Å²) in [5, 5.41) is 9.52. The minimum absolute atomic E-state index is 0.183. The average molecular weight is 408 g/mol. The van der Waals surface area contributed by atoms with Crippen LogP contribution in [0.15, 0.2) is 60.0 Å². The average Bonchev–Trinajstić information content (AvgIpc) is 3.17. The van der Waals surface area contributed by atoms with Crippen LogP contribution in [0.25, 0.3) is 17.1 Å². The molecule has 1 aliphatic heterocycles. The van der Waals surface area contributed by atoms with Crippen LogP contribution in [0.2, 0.25) is 0 Å². The fraction of sp³-hybridized carbons (Fsp3) is 0.364. The van der Waals surface area contributed by atoms with Crippen LogP contribution in [0.3, 0.4) is 0 Å². The highest BCUT2D eigenvalue weighted by atomic mass is 32.2. The van der Waals surface area contributed by atoms with E-state index in [1.807, 2.05) is 51.9 Å². The maximum Gasteiger partial charge on any atom is 0.233 e. The number of pyridine rings is 1. The van der Waals surface area contributed by atoms with E-state index < -0.39 is 0 Å². The fourth-order valence-electron chi connectivity index (χ4n) is 3.57. The SMILES string of the molecule is O=C(CSc1nnc(-c2cccnc2)n1-c1ccccc1)N1CCCCCCC1. The number of hydrogen-bond acceptors (Lipinski definition) is 5. The molecule has 0 N–H and O–H groups in total. The highest BCUT2D eigenvalue weighted by Gasteiger charge is 2.20. The third-order valence-corrected chi connectivity index (χ3v) is 6.01. The van der Waals surface area contributed by atoms with Crippen molar-refractivity contribution in [2.45, 2.75) is 37.3 Å². The Labute approximate surface area is 175 Å². The topological polar surface area (TPSA) is 63.9 Å². The van der Waals surface area contributed by atoms with Crippen molar-refractivity contribution in [2.24, 2.45) is 0 Å². The summed E-state index contributed by atoms with van der Waals surface area (Å²) in [5.74, 6) is 1.28. The number of rotatable bonds is 5. The summed E-state index contributed by atoms with van der Waals surface area (Å²) < 4.78 is 2.00. The molecule has 0 radical (unpaired) electrons. The lowest BCUT2D eigenvalue weighted by molar-refractivity contribution is -0.128. The molecule has 0 saturated carbocycles. The number of amides is 1. The summed E-state index contributed by atoms with van der Waals surface area (Å²) in [5.41, 5.74) is 1.86. The zero-order valence-corrected chi connectivity index (χ0v) is 17.2. The van der Waals surface area contributed by atoms with E-state index >= 15 is 0 Å². The Balaban J connectivity index is 1.56. The van der Waals surface area contributed by atoms with Crippen LogP contribution < -0.4 is 0 Å². The molecule has 1 aromatic carbocycles. The van der Waals surface area contributed by atoms with E-state index in [1.165, 1.54) is 31.0 Å². The first-order valence-corrected chi connectivity index (χ1v) is 11.1. The lowest BCUT2D eigenvalue weighted by Gasteiger charge is -2.24. The van der Waals surface area contributed by atoms with Gasteiger partial charge in [-0.2, -0.15) is 0 Å². The molecule has 3 aromatic rings. The summed E-state index contributed by atoms with van der Waals surface area (Å²) in [6.45, 7) is 1.73. The maximum absolute atomic E-state index is 12.8. The second-order valence-corrected chi connectivity index (χ2v) is 8.10. The summed E-state index contributed by atoms with van der Waals surface area (Å²) >= 11 is 1.45. The number of likely N-dealkylation sites (tertiary alicyclic amines) is 1. The summed E-state index contributed by atoms with van der Waals surface area (Å²) in [7, 11) is 0. The molecular weight excluding hydrogens is 382 g/mol. The first-order valence-electron chi connectivity index (χ1n) is 10.1. The summed E-state index contributed by atoms with van der Waals surface area (Å²) in [6, 6.07) is 13.9. The minimum atomic E-state index is 0.183. The van der Waals surface area contributed by atoms with Crippen molar-refractivity contribution in [3.8, 4) is 17.1 Å². The van der Waals surface area contributed by atoms with E-state index in [-0.39, 0.29) is 5.91 Å². The van der Waals surface area contributed by atoms with Crippen molar-refractivity contribution in [1.82, 2.24) is 24.6 Å². The van der Waals surface area contributed by atoms with Crippen LogP contribution in [0.4, 0.5) is 0 Å². The molecule has 1 aliphatic rings. The van der Waals surface area contributed by atoms with Crippen molar-refractivity contribution in [2.75, 3.05) is 18.8 Å². The molecule has 3 heterocycles. The van der Waals surface area contributed by atoms with Crippen molar-refractivity contribution in [1.29, 1.82) is 0 Å². The van der Waals surface area contributed by atoms with Gasteiger partial charge in [-0.05, 0) is 37.1 Å². The van der Waals surface area contributed by atoms with Gasteiger partial charge in [0.1, 0.15) is 0 Å². The molecule has 0 unspecified atom stereocenters. The monoisotopic (exact) mass is 407 g/mol. The Kier molecular flexibility index (Phi) is 6.56. The van der Waals surface area contributed by atoms with Gasteiger partial charge in [-0.25, -0.2) is 0 Å². The van der Waals surface area contributed by atoms with Gasteiger partial charge in [-0.1, -0.05) is 49.2 Å². The zero-order valence-electron chi connectivity index (χ0n) is 16.4. The molecule has 0 atom stereocenters. The standard InChI is InChI=1S/C22H25N5OS/c28-20(26-14-7-2-1-3-8-15-26)17-29-22-25-24-21(18-10-9-13-23-16-18)27(22)19-11-5-4-6-12-19/h4-6,9-13,16H,1-3,7-8,14-15,17H2. The first-order chi connectivity index (χ1) is 14.3. The molecule has 4 rings (SSSR count). The van der Waals surface area contributed by atoms with Gasteiger partial charge in [0.05, 0.1) is 5.75 Å². The molecule has 6 nitrogen and oxygen atoms in total. The largest absolute Gasteiger partial charge is 0.342 e. The van der Waals surface area contributed by atoms with Crippen LogP contribution >= 0.6 is 11.8 Å². The Morgan fingerprint density at radius 3 is 2.41 bits per heavy atom. The lowest BCUT2D eigenvalue weighted by Crippen LogP contribution is -2.35. The molecular formula is C22H25N5OS. The summed E-state index contributed by atoms with van der Waals surface area (Å²) in [6.07, 6.45) is 9.44. The molecule has 1 saturated heterocycles. The molecule has 1 fully saturated rings. The van der Waals surface area contributed by atoms with Gasteiger partial charge in [-0.15, -0.1) is 10.2 Å². The van der Waals surface area contributed by atoms with Gasteiger partial charge in [0.2, 0.25) is 5.91 Å². The number of carbonyl (C=O) groups is 1. The molecule has 1 amide bonds. The van der Waals surface area contributed by atoms with Crippen LogP contribution in [-0.2, 0) is 4.79 Å². The quantitative estimate of drug-likeness (QED) is 0.593. The number of carbonyl (C=O) groups excluding carboxylic acids is 1. The van der Waals surface area contributed by atoms with Gasteiger partial charge >= 0.3 is 0 Å². The second kappa shape index (κ2) is 9.69. The normalized spacial score (nSPS) is 15.0. The first kappa shape index (κ1) is 19.6. The molecule has 7 heteroatoms. The highest BCUT2D eigenvalue weighted by molar-refractivity contribution is 7.99. The third-order valence-electron chi connectivity index (χ3n) is 5.10. The van der Waals surface area contributed by atoms with Crippen molar-refractivity contribution >= 4 is 17.7 Å². The summed E-state index contributed by atoms with van der Waals surface area (Å²) in [4.78, 5) is 19.0. The lowest BCUT2D eigenvalue weighted by atomic mass is 10.1. The van der Waals surface area contributed by atoms with Gasteiger partial charge in [-0.3, -0.25) is 14.3 Å². The number of nitrogens with zero attached hydrogens (tertiary/aromatic N) is 5. The van der Waals surface area contributed by atoms with Crippen LogP contribution in [-0.4, -0.2) is 49.4 Å². The van der Waals surface area contributed by atoms with Gasteiger partial charge in [0.25, 0.3) is 0 Å². The Hall–Kier alpha value is -2.67. The second-order valence-electron chi connectivity index (χ2n) is 7.16. The van der Waals surface area contributed by atoms with Gasteiger partial charge in [0.15, 0.2) is 11.0 Å². The predicted octanol–water partition coefficient (Wildman–Crippen LogP) is 4.21. The smallest absolute Gasteiger partial charge is 0.233 e. The van der Waals surface area contributed by atoms with Crippen molar-refractivity contribution in [3.63, 3.8) is 0 Å². The molecule has 0 bridgehead atoms. The Morgan fingerprint density at radius 2 is 1.69 bits per heavy atom. The van der Waals surface area contributed by atoms with Crippen LogP contribution in [0.1, 0.15) is 32.1 Å². The number of hydrogen-bond donors (Lipinski definition) is 0. The highest BCUT2D eigenvalue weighted by Crippen LogP contribution is 2.27. The molecule has 29 heavy (non-hydrogen) atoms. The number of thioether (sulfide) groups is 1. The Morgan fingerprint density at radius 1 is 0.931 bits per heavy atom. The third kappa shape index (κ3) is 4.85. The van der Waals surface area contributed by atoms with Crippen molar-refractivity contribution in [3.05, 3.63) is 54.9 Å². The molecule has 0 aliphatic carbocycles. The van der Waals surface area contributed by atoms with E-state index in [2.05, 4.69) is 15.2 Å². The molecule has 150 valence electrons. The van der Waals surface area contributed by atoms with Gasteiger partial charge in [0, 0.05) is 36.7 Å². The molecule has 0 spiro atoms. The predicted molar refractivity (Wildman–Crippen MR) is 115 cm³/mol. The van der Waals surface area contributed by atoms with Crippen LogP contribution in [0.5, 0.6) is 0 Å². The zero-order chi connectivity index (χ0) is 19.9. The fourth-order valence-corrected chi connectivity index (χ4v) is 4.42. The van der Waals surface area contributed by atoms with E-state index in [0.29, 0.717) is 5.75 Å². The molecule has 2 aromatic heterocycles. The number of para-hydroxylation sites is 1. The minimum Gasteiger partial charge on any atom is -0.342 e. The van der Waals surface area contributed by atoms with E-state index in [1.54, 1.807) is 12.4 Å². The van der Waals surface area contributed by atoms with E-state index in [4.69, 9.17) is 0 Å². The number of benzene rings is 1. The van der Waals surface area contributed by atoms with E-state index in [9.17, 15) is 4.79 Å². The number of aromatic nitrogens is 4. The Bertz CT molecular complexity index is 921.